The zero-order chi connectivity index (χ0) is 23.1. The minimum Gasteiger partial charge on any atom is -0.459 e. The van der Waals surface area contributed by atoms with Gasteiger partial charge in [0.15, 0.2) is 0 Å². The summed E-state index contributed by atoms with van der Waals surface area (Å²) in [6.07, 6.45) is -4.40. The molecular weight excluding hydrogens is 417 g/mol. The van der Waals surface area contributed by atoms with E-state index in [-0.39, 0.29) is 12.5 Å². The van der Waals surface area contributed by atoms with Crippen LogP contribution in [0, 0.1) is 5.92 Å². The minimum atomic E-state index is -4.40. The number of ether oxygens (including phenoxy) is 1. The number of para-hydroxylation sites is 1. The minimum absolute atomic E-state index is 0.0844. The number of halogens is 3. The van der Waals surface area contributed by atoms with E-state index in [0.717, 1.165) is 29.1 Å². The van der Waals surface area contributed by atoms with Gasteiger partial charge < -0.3 is 15.4 Å². The fourth-order valence-electron chi connectivity index (χ4n) is 3.10. The van der Waals surface area contributed by atoms with Crippen LogP contribution in [-0.4, -0.2) is 12.0 Å². The second-order valence-electron chi connectivity index (χ2n) is 7.74. The largest absolute Gasteiger partial charge is 0.459 e. The first-order valence-electron chi connectivity index (χ1n) is 10.2. The van der Waals surface area contributed by atoms with Crippen LogP contribution in [0.1, 0.15) is 25.0 Å². The van der Waals surface area contributed by atoms with Crippen molar-refractivity contribution in [2.24, 2.45) is 5.92 Å². The van der Waals surface area contributed by atoms with Crippen LogP contribution < -0.4 is 10.6 Å². The highest BCUT2D eigenvalue weighted by molar-refractivity contribution is 5.79. The van der Waals surface area contributed by atoms with Crippen molar-refractivity contribution in [3.63, 3.8) is 0 Å². The maximum Gasteiger partial charge on any atom is 0.416 e. The lowest BCUT2D eigenvalue weighted by molar-refractivity contribution is -0.147. The Morgan fingerprint density at radius 1 is 0.875 bits per heavy atom. The van der Waals surface area contributed by atoms with Gasteiger partial charge in [-0.15, -0.1) is 0 Å². The predicted octanol–water partition coefficient (Wildman–Crippen LogP) is 6.63. The molecule has 3 aromatic rings. The first-order valence-corrected chi connectivity index (χ1v) is 10.2. The molecule has 3 rings (SSSR count). The molecule has 4 nitrogen and oxygen atoms in total. The Labute approximate surface area is 185 Å². The zero-order valence-electron chi connectivity index (χ0n) is 17.8. The van der Waals surface area contributed by atoms with Crippen molar-refractivity contribution in [2.75, 3.05) is 10.6 Å². The summed E-state index contributed by atoms with van der Waals surface area (Å²) in [5.74, 6) is -0.600. The van der Waals surface area contributed by atoms with Crippen molar-refractivity contribution in [3.05, 3.63) is 90.0 Å². The monoisotopic (exact) mass is 442 g/mol. The van der Waals surface area contributed by atoms with Crippen molar-refractivity contribution in [3.8, 4) is 0 Å². The Morgan fingerprint density at radius 3 is 2.16 bits per heavy atom. The molecular formula is C25H25F3N2O2. The second-order valence-corrected chi connectivity index (χ2v) is 7.74. The average molecular weight is 442 g/mol. The number of carbonyl (C=O) groups is 1. The first kappa shape index (κ1) is 23.2. The Kier molecular flexibility index (Phi) is 7.41. The Hall–Kier alpha value is -3.48. The molecule has 7 heteroatoms. The molecule has 0 aliphatic heterocycles. The molecule has 0 spiro atoms. The van der Waals surface area contributed by atoms with E-state index >= 15 is 0 Å². The maximum atomic E-state index is 12.8. The second kappa shape index (κ2) is 10.2. The quantitative estimate of drug-likeness (QED) is 0.385. The third-order valence-corrected chi connectivity index (χ3v) is 4.83. The van der Waals surface area contributed by atoms with Crippen LogP contribution in [0.15, 0.2) is 78.9 Å². The van der Waals surface area contributed by atoms with Crippen LogP contribution >= 0.6 is 0 Å². The van der Waals surface area contributed by atoms with Crippen LogP contribution in [0.4, 0.5) is 30.2 Å². The molecule has 168 valence electrons. The third-order valence-electron chi connectivity index (χ3n) is 4.83. The number of benzene rings is 3. The van der Waals surface area contributed by atoms with Gasteiger partial charge in [0.2, 0.25) is 0 Å². The summed E-state index contributed by atoms with van der Waals surface area (Å²) >= 11 is 0. The lowest BCUT2D eigenvalue weighted by atomic mass is 10.0. The van der Waals surface area contributed by atoms with E-state index in [4.69, 9.17) is 4.74 Å². The number of anilines is 3. The van der Waals surface area contributed by atoms with Crippen LogP contribution in [-0.2, 0) is 22.3 Å². The van der Waals surface area contributed by atoms with Gasteiger partial charge in [0.05, 0.1) is 5.56 Å². The predicted molar refractivity (Wildman–Crippen MR) is 120 cm³/mol. The number of nitrogens with one attached hydrogen (secondary N) is 2. The van der Waals surface area contributed by atoms with Gasteiger partial charge in [-0.1, -0.05) is 44.2 Å². The molecule has 1 unspecified atom stereocenters. The number of rotatable bonds is 8. The van der Waals surface area contributed by atoms with E-state index in [1.54, 1.807) is 0 Å². The molecule has 1 atom stereocenters. The summed E-state index contributed by atoms with van der Waals surface area (Å²) < 4.78 is 43.8. The van der Waals surface area contributed by atoms with Crippen molar-refractivity contribution < 1.29 is 22.7 Å². The summed E-state index contributed by atoms with van der Waals surface area (Å²) in [4.78, 5) is 12.7. The van der Waals surface area contributed by atoms with Gasteiger partial charge in [-0.05, 0) is 60.0 Å². The smallest absolute Gasteiger partial charge is 0.416 e. The van der Waals surface area contributed by atoms with Gasteiger partial charge in [0.25, 0.3) is 0 Å². The highest BCUT2D eigenvalue weighted by Crippen LogP contribution is 2.30. The standard InChI is InChI=1S/C25H25F3N2O2/c1-17(2)23(30-21-13-11-19(12-14-21)25(26,27)28)24(31)32-16-18-7-6-10-22(15-18)29-20-8-4-3-5-9-20/h3-15,17,23,29-30H,16H2,1-2H3. The highest BCUT2D eigenvalue weighted by atomic mass is 19.4. The summed E-state index contributed by atoms with van der Waals surface area (Å²) in [5, 5.41) is 6.27. The zero-order valence-corrected chi connectivity index (χ0v) is 17.8. The normalized spacial score (nSPS) is 12.3. The molecule has 2 N–H and O–H groups in total. The highest BCUT2D eigenvalue weighted by Gasteiger charge is 2.30. The molecule has 0 fully saturated rings. The van der Waals surface area contributed by atoms with Crippen molar-refractivity contribution >= 4 is 23.0 Å². The number of alkyl halides is 3. The molecule has 0 heterocycles. The number of esters is 1. The fourth-order valence-corrected chi connectivity index (χ4v) is 3.10. The van der Waals surface area contributed by atoms with Gasteiger partial charge in [-0.25, -0.2) is 4.79 Å². The molecule has 0 saturated heterocycles. The maximum absolute atomic E-state index is 12.8. The number of carbonyl (C=O) groups excluding carboxylic acids is 1. The fraction of sp³-hybridized carbons (Fsp3) is 0.240. The van der Waals surface area contributed by atoms with Gasteiger partial charge in [-0.2, -0.15) is 13.2 Å². The molecule has 0 aliphatic rings. The molecule has 0 amide bonds. The number of hydrogen-bond acceptors (Lipinski definition) is 4. The van der Waals surface area contributed by atoms with E-state index in [9.17, 15) is 18.0 Å². The Morgan fingerprint density at radius 2 is 1.53 bits per heavy atom. The van der Waals surface area contributed by atoms with Crippen LogP contribution in [0.25, 0.3) is 0 Å². The van der Waals surface area contributed by atoms with Gasteiger partial charge in [0, 0.05) is 17.1 Å². The average Bonchev–Trinajstić information content (AvgIpc) is 2.76. The molecule has 3 aromatic carbocycles. The molecule has 0 saturated carbocycles. The lowest BCUT2D eigenvalue weighted by Crippen LogP contribution is -2.36. The van der Waals surface area contributed by atoms with Crippen LogP contribution in [0.3, 0.4) is 0 Å². The van der Waals surface area contributed by atoms with E-state index in [2.05, 4.69) is 10.6 Å². The molecule has 0 aromatic heterocycles. The first-order chi connectivity index (χ1) is 15.2. The number of hydrogen-bond donors (Lipinski definition) is 2. The van der Waals surface area contributed by atoms with Crippen molar-refractivity contribution in [1.82, 2.24) is 0 Å². The topological polar surface area (TPSA) is 50.4 Å². The van der Waals surface area contributed by atoms with Gasteiger partial charge in [0.1, 0.15) is 12.6 Å². The van der Waals surface area contributed by atoms with Crippen LogP contribution in [0.5, 0.6) is 0 Å². The van der Waals surface area contributed by atoms with E-state index < -0.39 is 23.8 Å². The van der Waals surface area contributed by atoms with Crippen molar-refractivity contribution in [1.29, 1.82) is 0 Å². The Bertz CT molecular complexity index is 1020. The lowest BCUT2D eigenvalue weighted by Gasteiger charge is -2.22. The summed E-state index contributed by atoms with van der Waals surface area (Å²) in [7, 11) is 0. The summed E-state index contributed by atoms with van der Waals surface area (Å²) in [5.41, 5.74) is 2.31. The third kappa shape index (κ3) is 6.51. The Balaban J connectivity index is 1.61. The van der Waals surface area contributed by atoms with E-state index in [0.29, 0.717) is 5.69 Å². The van der Waals surface area contributed by atoms with Gasteiger partial charge >= 0.3 is 12.1 Å². The summed E-state index contributed by atoms with van der Waals surface area (Å²) in [6.45, 7) is 3.77. The molecule has 32 heavy (non-hydrogen) atoms. The molecule has 0 aliphatic carbocycles. The van der Waals surface area contributed by atoms with Crippen LogP contribution in [0.2, 0.25) is 0 Å². The van der Waals surface area contributed by atoms with Crippen molar-refractivity contribution in [2.45, 2.75) is 32.7 Å². The van der Waals surface area contributed by atoms with Gasteiger partial charge in [-0.3, -0.25) is 0 Å². The molecule has 0 radical (unpaired) electrons. The summed E-state index contributed by atoms with van der Waals surface area (Å²) in [6, 6.07) is 21.1. The van der Waals surface area contributed by atoms with E-state index in [1.165, 1.54) is 12.1 Å². The molecule has 0 bridgehead atoms. The van der Waals surface area contributed by atoms with E-state index in [1.807, 2.05) is 68.4 Å². The SMILES string of the molecule is CC(C)C(Nc1ccc(C(F)(F)F)cc1)C(=O)OCc1cccc(Nc2ccccc2)c1.